The van der Waals surface area contributed by atoms with Gasteiger partial charge in [-0.15, -0.1) is 10.2 Å². The molecule has 33 heavy (non-hydrogen) atoms. The monoisotopic (exact) mass is 459 g/mol. The molecule has 4 aromatic rings. The number of fused-ring (bicyclic) bond motifs is 1. The molecular weight excluding hydrogens is 441 g/mol. The van der Waals surface area contributed by atoms with Crippen LogP contribution in [-0.2, 0) is 0 Å². The minimum absolute atomic E-state index is 0.0306. The molecule has 3 aromatic carbocycles. The van der Waals surface area contributed by atoms with Crippen molar-refractivity contribution in [1.29, 1.82) is 0 Å². The van der Waals surface area contributed by atoms with Crippen LogP contribution in [0.2, 0.25) is 0 Å². The van der Waals surface area contributed by atoms with Crippen LogP contribution in [0.4, 0.5) is 10.1 Å². The number of thioether (sulfide) groups is 1. The predicted molar refractivity (Wildman–Crippen MR) is 125 cm³/mol. The Hall–Kier alpha value is -3.85. The van der Waals surface area contributed by atoms with Crippen LogP contribution >= 0.6 is 11.8 Å². The van der Waals surface area contributed by atoms with Crippen molar-refractivity contribution in [3.63, 3.8) is 0 Å². The van der Waals surface area contributed by atoms with E-state index in [9.17, 15) is 14.5 Å². The average molecular weight is 460 g/mol. The Balaban J connectivity index is 1.46. The summed E-state index contributed by atoms with van der Waals surface area (Å²) in [5.74, 6) is 0.632. The largest absolute Gasteiger partial charge is 0.269 e. The molecule has 0 aliphatic carbocycles. The Morgan fingerprint density at radius 2 is 1.79 bits per heavy atom. The Labute approximate surface area is 193 Å². The SMILES string of the molecule is CC(c1ccc(-c2ccccc2)c(F)c1)c1nnc2n1N=C(c1ccc([N+](=O)[O-])cc1)CS2. The van der Waals surface area contributed by atoms with Crippen molar-refractivity contribution in [3.05, 3.63) is 106 Å². The molecule has 0 spiro atoms. The van der Waals surface area contributed by atoms with Crippen LogP contribution in [0.3, 0.4) is 0 Å². The number of aromatic nitrogens is 3. The molecule has 1 aromatic heterocycles. The van der Waals surface area contributed by atoms with Gasteiger partial charge in [0, 0.05) is 29.4 Å². The predicted octanol–water partition coefficient (Wildman–Crippen LogP) is 5.50. The zero-order valence-corrected chi connectivity index (χ0v) is 18.4. The second-order valence-corrected chi connectivity index (χ2v) is 8.56. The normalized spacial score (nSPS) is 13.8. The minimum Gasteiger partial charge on any atom is -0.258 e. The van der Waals surface area contributed by atoms with E-state index in [0.717, 1.165) is 22.4 Å². The fourth-order valence-corrected chi connectivity index (χ4v) is 4.58. The van der Waals surface area contributed by atoms with Crippen molar-refractivity contribution in [1.82, 2.24) is 14.9 Å². The molecule has 0 saturated heterocycles. The highest BCUT2D eigenvalue weighted by Gasteiger charge is 2.24. The molecular formula is C24H18FN5O2S. The Morgan fingerprint density at radius 3 is 2.48 bits per heavy atom. The van der Waals surface area contributed by atoms with E-state index < -0.39 is 4.92 Å². The number of benzene rings is 3. The smallest absolute Gasteiger partial charge is 0.258 e. The maximum atomic E-state index is 14.9. The summed E-state index contributed by atoms with van der Waals surface area (Å²) in [6, 6.07) is 20.9. The van der Waals surface area contributed by atoms with E-state index in [-0.39, 0.29) is 17.4 Å². The third-order valence-electron chi connectivity index (χ3n) is 5.57. The summed E-state index contributed by atoms with van der Waals surface area (Å²) in [5, 5.41) is 24.9. The lowest BCUT2D eigenvalue weighted by molar-refractivity contribution is -0.384. The first-order valence-electron chi connectivity index (χ1n) is 10.3. The van der Waals surface area contributed by atoms with Gasteiger partial charge in [-0.1, -0.05) is 61.2 Å². The maximum Gasteiger partial charge on any atom is 0.269 e. The van der Waals surface area contributed by atoms with Crippen molar-refractivity contribution in [2.24, 2.45) is 5.10 Å². The fourth-order valence-electron chi connectivity index (χ4n) is 3.73. The van der Waals surface area contributed by atoms with Gasteiger partial charge in [-0.2, -0.15) is 9.78 Å². The lowest BCUT2D eigenvalue weighted by Gasteiger charge is -2.17. The lowest BCUT2D eigenvalue weighted by atomic mass is 9.96. The van der Waals surface area contributed by atoms with Crippen molar-refractivity contribution >= 4 is 23.2 Å². The Bertz CT molecular complexity index is 1370. The van der Waals surface area contributed by atoms with Crippen LogP contribution in [0.25, 0.3) is 11.1 Å². The summed E-state index contributed by atoms with van der Waals surface area (Å²) in [5.41, 5.74) is 3.73. The molecule has 5 rings (SSSR count). The second kappa shape index (κ2) is 8.59. The molecule has 1 aliphatic heterocycles. The number of nitro groups is 1. The first kappa shape index (κ1) is 21.0. The number of rotatable bonds is 5. The number of hydrogen-bond donors (Lipinski definition) is 0. The highest BCUT2D eigenvalue weighted by atomic mass is 32.2. The summed E-state index contributed by atoms with van der Waals surface area (Å²) >= 11 is 1.49. The van der Waals surface area contributed by atoms with E-state index in [4.69, 9.17) is 5.10 Å². The van der Waals surface area contributed by atoms with Crippen molar-refractivity contribution in [2.45, 2.75) is 18.0 Å². The van der Waals surface area contributed by atoms with Gasteiger partial charge in [0.15, 0.2) is 5.82 Å². The third kappa shape index (κ3) is 4.03. The molecule has 0 radical (unpaired) electrons. The van der Waals surface area contributed by atoms with Crippen molar-refractivity contribution in [3.8, 4) is 11.1 Å². The molecule has 2 heterocycles. The number of nitro benzene ring substituents is 1. The van der Waals surface area contributed by atoms with Crippen molar-refractivity contribution < 1.29 is 9.31 Å². The fraction of sp³-hybridized carbons (Fsp3) is 0.125. The molecule has 0 amide bonds. The van der Waals surface area contributed by atoms with Gasteiger partial charge in [0.1, 0.15) is 5.82 Å². The second-order valence-electron chi connectivity index (χ2n) is 7.62. The van der Waals surface area contributed by atoms with E-state index >= 15 is 0 Å². The third-order valence-corrected chi connectivity index (χ3v) is 6.50. The highest BCUT2D eigenvalue weighted by molar-refractivity contribution is 7.99. The summed E-state index contributed by atoms with van der Waals surface area (Å²) in [6.07, 6.45) is 0. The topological polar surface area (TPSA) is 86.2 Å². The van der Waals surface area contributed by atoms with Crippen LogP contribution in [0.5, 0.6) is 0 Å². The van der Waals surface area contributed by atoms with Crippen LogP contribution in [0.15, 0.2) is 83.1 Å². The first-order chi connectivity index (χ1) is 16.0. The van der Waals surface area contributed by atoms with Gasteiger partial charge < -0.3 is 0 Å². The zero-order valence-electron chi connectivity index (χ0n) is 17.6. The molecule has 0 saturated carbocycles. The molecule has 164 valence electrons. The zero-order chi connectivity index (χ0) is 22.9. The molecule has 0 N–H and O–H groups in total. The van der Waals surface area contributed by atoms with E-state index in [1.807, 2.05) is 43.3 Å². The first-order valence-corrected chi connectivity index (χ1v) is 11.3. The number of nitrogens with zero attached hydrogens (tertiary/aromatic N) is 5. The number of hydrogen-bond acceptors (Lipinski definition) is 6. The van der Waals surface area contributed by atoms with Gasteiger partial charge in [0.05, 0.1) is 10.6 Å². The van der Waals surface area contributed by atoms with E-state index in [0.29, 0.717) is 22.3 Å². The van der Waals surface area contributed by atoms with Gasteiger partial charge in [0.25, 0.3) is 5.69 Å². The van der Waals surface area contributed by atoms with Gasteiger partial charge in [0.2, 0.25) is 5.16 Å². The van der Waals surface area contributed by atoms with Crippen molar-refractivity contribution in [2.75, 3.05) is 5.75 Å². The summed E-state index contributed by atoms with van der Waals surface area (Å²) in [6.45, 7) is 1.94. The van der Waals surface area contributed by atoms with Gasteiger partial charge in [-0.3, -0.25) is 10.1 Å². The van der Waals surface area contributed by atoms with Crippen LogP contribution in [0, 0.1) is 15.9 Å². The lowest BCUT2D eigenvalue weighted by Crippen LogP contribution is -2.16. The Morgan fingerprint density at radius 1 is 1.03 bits per heavy atom. The van der Waals surface area contributed by atoms with Gasteiger partial charge in [-0.25, -0.2) is 4.39 Å². The van der Waals surface area contributed by atoms with E-state index in [2.05, 4.69) is 10.2 Å². The molecule has 1 unspecified atom stereocenters. The summed E-state index contributed by atoms with van der Waals surface area (Å²) in [7, 11) is 0. The minimum atomic E-state index is -0.429. The quantitative estimate of drug-likeness (QED) is 0.290. The summed E-state index contributed by atoms with van der Waals surface area (Å²) in [4.78, 5) is 10.5. The van der Waals surface area contributed by atoms with Gasteiger partial charge >= 0.3 is 0 Å². The Kier molecular flexibility index (Phi) is 5.47. The van der Waals surface area contributed by atoms with E-state index in [1.54, 1.807) is 22.9 Å². The molecule has 7 nitrogen and oxygen atoms in total. The van der Waals surface area contributed by atoms with Crippen LogP contribution in [-0.4, -0.2) is 31.3 Å². The number of non-ortho nitro benzene ring substituents is 1. The number of halogens is 1. The average Bonchev–Trinajstić information content (AvgIpc) is 3.27. The maximum absolute atomic E-state index is 14.9. The van der Waals surface area contributed by atoms with E-state index in [1.165, 1.54) is 30.0 Å². The molecule has 1 atom stereocenters. The van der Waals surface area contributed by atoms with Gasteiger partial charge in [-0.05, 0) is 34.9 Å². The molecule has 0 fully saturated rings. The summed E-state index contributed by atoms with van der Waals surface area (Å²) < 4.78 is 16.6. The van der Waals surface area contributed by atoms with Crippen LogP contribution in [0.1, 0.15) is 29.8 Å². The van der Waals surface area contributed by atoms with Crippen LogP contribution < -0.4 is 0 Å². The molecule has 9 heteroatoms. The molecule has 1 aliphatic rings. The molecule has 0 bridgehead atoms. The standard InChI is InChI=1S/C24H18FN5O2S/c1-15(18-9-12-20(21(25)13-18)16-5-3-2-4-6-16)23-26-27-24-29(23)28-22(14-33-24)17-7-10-19(11-8-17)30(31)32/h2-13,15H,14H2,1H3. The highest BCUT2D eigenvalue weighted by Crippen LogP contribution is 2.32.